The van der Waals surface area contributed by atoms with Gasteiger partial charge < -0.3 is 29.3 Å². The second-order valence-electron chi connectivity index (χ2n) is 9.05. The van der Waals surface area contributed by atoms with Gasteiger partial charge in [0.15, 0.2) is 0 Å². The van der Waals surface area contributed by atoms with Crippen LogP contribution < -0.4 is 15.4 Å². The predicted molar refractivity (Wildman–Crippen MR) is 128 cm³/mol. The van der Waals surface area contributed by atoms with Gasteiger partial charge in [0, 0.05) is 6.42 Å². The largest absolute Gasteiger partial charge is 0.494 e. The summed E-state index contributed by atoms with van der Waals surface area (Å²) in [4.78, 5) is 37.1. The van der Waals surface area contributed by atoms with E-state index in [4.69, 9.17) is 18.6 Å². The molecule has 9 heteroatoms. The average Bonchev–Trinajstić information content (AvgIpc) is 3.35. The van der Waals surface area contributed by atoms with Crippen molar-refractivity contribution in [2.24, 2.45) is 0 Å². The van der Waals surface area contributed by atoms with Crippen molar-refractivity contribution in [2.75, 3.05) is 19.8 Å². The molecule has 0 bridgehead atoms. The Morgan fingerprint density at radius 1 is 1.09 bits per heavy atom. The molecule has 35 heavy (non-hydrogen) atoms. The molecule has 1 aliphatic heterocycles. The SMILES string of the molecule is CCOC(=O)C1=C(COC(=O)CCCOc2ccc(C(C)(C)C)cc2)NC(=O)N[C@H]1c1ccco1. The molecule has 0 fully saturated rings. The lowest BCUT2D eigenvalue weighted by Gasteiger charge is -2.27. The van der Waals surface area contributed by atoms with Crippen LogP contribution in [0.25, 0.3) is 0 Å². The summed E-state index contributed by atoms with van der Waals surface area (Å²) in [5.41, 5.74) is 1.55. The number of ether oxygens (including phenoxy) is 3. The van der Waals surface area contributed by atoms with E-state index in [1.54, 1.807) is 19.1 Å². The first kappa shape index (κ1) is 25.9. The van der Waals surface area contributed by atoms with Crippen LogP contribution in [0.15, 0.2) is 58.3 Å². The first-order valence-electron chi connectivity index (χ1n) is 11.6. The monoisotopic (exact) mass is 484 g/mol. The summed E-state index contributed by atoms with van der Waals surface area (Å²) < 4.78 is 21.6. The van der Waals surface area contributed by atoms with Crippen LogP contribution in [0.1, 0.15) is 57.9 Å². The molecular weight excluding hydrogens is 452 g/mol. The highest BCUT2D eigenvalue weighted by Crippen LogP contribution is 2.28. The molecule has 2 heterocycles. The quantitative estimate of drug-likeness (QED) is 0.384. The zero-order chi connectivity index (χ0) is 25.4. The Labute approximate surface area is 204 Å². The molecule has 0 radical (unpaired) electrons. The number of rotatable bonds is 10. The molecular formula is C26H32N2O7. The lowest BCUT2D eigenvalue weighted by atomic mass is 9.87. The molecule has 0 saturated heterocycles. The Morgan fingerprint density at radius 3 is 2.46 bits per heavy atom. The molecule has 0 unspecified atom stereocenters. The zero-order valence-electron chi connectivity index (χ0n) is 20.5. The molecule has 1 aliphatic rings. The summed E-state index contributed by atoms with van der Waals surface area (Å²) in [5.74, 6) is -0.0237. The topological polar surface area (TPSA) is 116 Å². The summed E-state index contributed by atoms with van der Waals surface area (Å²) >= 11 is 0. The van der Waals surface area contributed by atoms with Crippen LogP contribution in [0.4, 0.5) is 4.79 Å². The maximum absolute atomic E-state index is 12.6. The fourth-order valence-corrected chi connectivity index (χ4v) is 3.53. The molecule has 2 amide bonds. The standard InChI is InChI=1S/C26H32N2O7/c1-5-32-24(30)22-19(27-25(31)28-23(22)20-8-6-15-34-20)16-35-21(29)9-7-14-33-18-12-10-17(11-13-18)26(2,3)4/h6,8,10-13,15,23H,5,7,9,14,16H2,1-4H3,(H2,27,28,31)/t23-/m0/s1. The molecule has 3 rings (SSSR count). The maximum atomic E-state index is 12.6. The average molecular weight is 485 g/mol. The van der Waals surface area contributed by atoms with Gasteiger partial charge in [0.05, 0.1) is 30.7 Å². The number of carbonyl (C=O) groups excluding carboxylic acids is 3. The van der Waals surface area contributed by atoms with Crippen LogP contribution >= 0.6 is 0 Å². The highest BCUT2D eigenvalue weighted by Gasteiger charge is 2.35. The van der Waals surface area contributed by atoms with E-state index in [0.29, 0.717) is 18.8 Å². The van der Waals surface area contributed by atoms with Gasteiger partial charge in [-0.15, -0.1) is 0 Å². The Morgan fingerprint density at radius 2 is 1.83 bits per heavy atom. The van der Waals surface area contributed by atoms with Crippen molar-refractivity contribution in [3.05, 3.63) is 65.3 Å². The van der Waals surface area contributed by atoms with Crippen molar-refractivity contribution in [3.63, 3.8) is 0 Å². The number of nitrogens with one attached hydrogen (secondary N) is 2. The van der Waals surface area contributed by atoms with Gasteiger partial charge in [-0.2, -0.15) is 0 Å². The predicted octanol–water partition coefficient (Wildman–Crippen LogP) is 4.15. The van der Waals surface area contributed by atoms with Crippen LogP contribution in [-0.2, 0) is 24.5 Å². The van der Waals surface area contributed by atoms with Crippen LogP contribution in [0, 0.1) is 0 Å². The van der Waals surface area contributed by atoms with Crippen LogP contribution in [0.2, 0.25) is 0 Å². The molecule has 188 valence electrons. The summed E-state index contributed by atoms with van der Waals surface area (Å²) in [6.07, 6.45) is 2.01. The van der Waals surface area contributed by atoms with Crippen molar-refractivity contribution in [2.45, 2.75) is 52.0 Å². The third kappa shape index (κ3) is 7.11. The second-order valence-corrected chi connectivity index (χ2v) is 9.05. The smallest absolute Gasteiger partial charge is 0.338 e. The van der Waals surface area contributed by atoms with Gasteiger partial charge >= 0.3 is 18.0 Å². The minimum absolute atomic E-state index is 0.0662. The minimum atomic E-state index is -0.857. The minimum Gasteiger partial charge on any atom is -0.494 e. The molecule has 9 nitrogen and oxygen atoms in total. The van der Waals surface area contributed by atoms with E-state index >= 15 is 0 Å². The lowest BCUT2D eigenvalue weighted by Crippen LogP contribution is -2.47. The van der Waals surface area contributed by atoms with Gasteiger partial charge in [0.1, 0.15) is 24.2 Å². The Hall–Kier alpha value is -3.75. The third-order valence-electron chi connectivity index (χ3n) is 5.37. The third-order valence-corrected chi connectivity index (χ3v) is 5.37. The van der Waals surface area contributed by atoms with Crippen molar-refractivity contribution in [1.82, 2.24) is 10.6 Å². The van der Waals surface area contributed by atoms with Crippen LogP contribution in [0.5, 0.6) is 5.75 Å². The molecule has 2 aromatic rings. The van der Waals surface area contributed by atoms with Gasteiger partial charge in [0.25, 0.3) is 0 Å². The molecule has 1 aromatic carbocycles. The fourth-order valence-electron chi connectivity index (χ4n) is 3.53. The number of hydrogen-bond acceptors (Lipinski definition) is 7. The summed E-state index contributed by atoms with van der Waals surface area (Å²) in [6.45, 7) is 8.32. The van der Waals surface area contributed by atoms with Gasteiger partial charge in [0.2, 0.25) is 0 Å². The number of benzene rings is 1. The number of carbonyl (C=O) groups is 3. The van der Waals surface area contributed by atoms with Crippen molar-refractivity contribution in [3.8, 4) is 5.75 Å². The molecule has 0 saturated carbocycles. The molecule has 1 atom stereocenters. The number of hydrogen-bond donors (Lipinski definition) is 2. The lowest BCUT2D eigenvalue weighted by molar-refractivity contribution is -0.144. The van der Waals surface area contributed by atoms with E-state index in [0.717, 1.165) is 5.75 Å². The molecule has 2 N–H and O–H groups in total. The van der Waals surface area contributed by atoms with Gasteiger partial charge in [-0.25, -0.2) is 9.59 Å². The van der Waals surface area contributed by atoms with E-state index in [1.807, 2.05) is 24.3 Å². The summed E-state index contributed by atoms with van der Waals surface area (Å²) in [5, 5.41) is 5.18. The van der Waals surface area contributed by atoms with Gasteiger partial charge in [-0.3, -0.25) is 4.79 Å². The number of amides is 2. The molecule has 1 aromatic heterocycles. The Balaban J connectivity index is 1.55. The maximum Gasteiger partial charge on any atom is 0.338 e. The van der Waals surface area contributed by atoms with E-state index in [2.05, 4.69) is 31.4 Å². The summed E-state index contributed by atoms with van der Waals surface area (Å²) in [7, 11) is 0. The first-order chi connectivity index (χ1) is 16.7. The zero-order valence-corrected chi connectivity index (χ0v) is 20.5. The number of urea groups is 1. The Bertz CT molecular complexity index is 1050. The van der Waals surface area contributed by atoms with E-state index in [-0.39, 0.29) is 36.3 Å². The first-order valence-corrected chi connectivity index (χ1v) is 11.6. The second kappa shape index (κ2) is 11.6. The van der Waals surface area contributed by atoms with Crippen LogP contribution in [-0.4, -0.2) is 37.8 Å². The number of esters is 2. The van der Waals surface area contributed by atoms with E-state index in [9.17, 15) is 14.4 Å². The van der Waals surface area contributed by atoms with Crippen LogP contribution in [0.3, 0.4) is 0 Å². The molecule has 0 spiro atoms. The van der Waals surface area contributed by atoms with Crippen molar-refractivity contribution < 1.29 is 33.0 Å². The highest BCUT2D eigenvalue weighted by atomic mass is 16.5. The Kier molecular flexibility index (Phi) is 8.57. The van der Waals surface area contributed by atoms with Crippen molar-refractivity contribution >= 4 is 18.0 Å². The van der Waals surface area contributed by atoms with Crippen molar-refractivity contribution in [1.29, 1.82) is 0 Å². The van der Waals surface area contributed by atoms with Gasteiger partial charge in [-0.1, -0.05) is 32.9 Å². The highest BCUT2D eigenvalue weighted by molar-refractivity contribution is 5.95. The van der Waals surface area contributed by atoms with E-state index < -0.39 is 24.0 Å². The summed E-state index contributed by atoms with van der Waals surface area (Å²) in [6, 6.07) is 9.77. The fraction of sp³-hybridized carbons (Fsp3) is 0.423. The van der Waals surface area contributed by atoms with Gasteiger partial charge in [-0.05, 0) is 48.6 Å². The van der Waals surface area contributed by atoms with E-state index in [1.165, 1.54) is 11.8 Å². The molecule has 0 aliphatic carbocycles. The normalized spacial score (nSPS) is 15.8. The number of furan rings is 1.